The van der Waals surface area contributed by atoms with Gasteiger partial charge in [0, 0.05) is 12.1 Å². The van der Waals surface area contributed by atoms with Crippen LogP contribution in [0.15, 0.2) is 53.1 Å². The van der Waals surface area contributed by atoms with E-state index in [1.54, 1.807) is 6.07 Å². The number of aromatic hydroxyl groups is 1. The Bertz CT molecular complexity index is 833. The van der Waals surface area contributed by atoms with Crippen LogP contribution in [-0.2, 0) is 21.1 Å². The van der Waals surface area contributed by atoms with Gasteiger partial charge in [-0.05, 0) is 12.1 Å². The topological polar surface area (TPSA) is 57.6 Å². The fourth-order valence-corrected chi connectivity index (χ4v) is 2.24. The number of pyridine rings is 1. The van der Waals surface area contributed by atoms with Gasteiger partial charge in [0.1, 0.15) is 18.3 Å². The number of nitrogens with zero attached hydrogens (tertiary/aromatic N) is 5. The number of phenolic OH excluding ortho intramolecular Hbond substituents is 1. The first-order valence-electron chi connectivity index (χ1n) is 6.60. The molecule has 3 rings (SSSR count). The van der Waals surface area contributed by atoms with Gasteiger partial charge < -0.3 is 5.11 Å². The standard InChI is InChI=1S/C15H16N5O/c1-18-8-6-12(7-9-18)16-17-14-13(21)5-4-11-10-19(2)20(3)15(11)14/h4-10H,1-3H3/q+1/p+1. The maximum absolute atomic E-state index is 10.1. The van der Waals surface area contributed by atoms with Crippen LogP contribution in [0.25, 0.3) is 10.9 Å². The van der Waals surface area contributed by atoms with E-state index in [9.17, 15) is 5.11 Å². The molecule has 2 heterocycles. The van der Waals surface area contributed by atoms with Crippen LogP contribution in [0, 0.1) is 0 Å². The minimum absolute atomic E-state index is 0.120. The average molecular weight is 283 g/mol. The molecule has 106 valence electrons. The van der Waals surface area contributed by atoms with Crippen molar-refractivity contribution in [2.75, 3.05) is 0 Å². The molecule has 0 amide bonds. The summed E-state index contributed by atoms with van der Waals surface area (Å²) < 4.78 is 5.79. The molecular formula is C15H17N5O+2. The number of rotatable bonds is 2. The lowest BCUT2D eigenvalue weighted by Crippen LogP contribution is -2.35. The lowest BCUT2D eigenvalue weighted by atomic mass is 10.2. The van der Waals surface area contributed by atoms with Crippen LogP contribution >= 0.6 is 0 Å². The fraction of sp³-hybridized carbons (Fsp3) is 0.200. The van der Waals surface area contributed by atoms with Gasteiger partial charge in [-0.1, -0.05) is 0 Å². The molecule has 0 bridgehead atoms. The van der Waals surface area contributed by atoms with Gasteiger partial charge in [0.2, 0.25) is 6.20 Å². The third-order valence-corrected chi connectivity index (χ3v) is 3.51. The number of phenols is 1. The zero-order chi connectivity index (χ0) is 15.0. The first kappa shape index (κ1) is 13.2. The Morgan fingerprint density at radius 3 is 2.48 bits per heavy atom. The number of benzene rings is 1. The Labute approximate surface area is 122 Å². The van der Waals surface area contributed by atoms with E-state index in [0.29, 0.717) is 5.69 Å². The molecule has 1 N–H and O–H groups in total. The molecule has 0 atom stereocenters. The van der Waals surface area contributed by atoms with Gasteiger partial charge in [0.05, 0.1) is 18.1 Å². The van der Waals surface area contributed by atoms with Crippen molar-refractivity contribution < 1.29 is 14.4 Å². The van der Waals surface area contributed by atoms with Crippen molar-refractivity contribution >= 4 is 22.3 Å². The van der Waals surface area contributed by atoms with E-state index in [2.05, 4.69) is 10.2 Å². The Morgan fingerprint density at radius 1 is 1.05 bits per heavy atom. The monoisotopic (exact) mass is 283 g/mol. The maximum Gasteiger partial charge on any atom is 0.203 e. The maximum atomic E-state index is 10.1. The molecule has 2 aromatic heterocycles. The first-order valence-corrected chi connectivity index (χ1v) is 6.60. The summed E-state index contributed by atoms with van der Waals surface area (Å²) in [4.78, 5) is 0. The highest BCUT2D eigenvalue weighted by Crippen LogP contribution is 2.35. The van der Waals surface area contributed by atoms with Gasteiger partial charge in [-0.25, -0.2) is 4.57 Å². The van der Waals surface area contributed by atoms with Crippen molar-refractivity contribution in [2.24, 2.45) is 31.4 Å². The normalized spacial score (nSPS) is 11.6. The van der Waals surface area contributed by atoms with Crippen LogP contribution < -0.4 is 9.25 Å². The summed E-state index contributed by atoms with van der Waals surface area (Å²) in [6, 6.07) is 7.24. The highest BCUT2D eigenvalue weighted by atomic mass is 16.3. The predicted octanol–water partition coefficient (Wildman–Crippen LogP) is 1.95. The molecule has 6 nitrogen and oxygen atoms in total. The van der Waals surface area contributed by atoms with Crippen molar-refractivity contribution in [1.82, 2.24) is 4.68 Å². The van der Waals surface area contributed by atoms with Gasteiger partial charge in [-0.3, -0.25) is 0 Å². The third kappa shape index (κ3) is 2.35. The molecule has 0 aliphatic carbocycles. The summed E-state index contributed by atoms with van der Waals surface area (Å²) >= 11 is 0. The minimum Gasteiger partial charge on any atom is -0.506 e. The van der Waals surface area contributed by atoms with Crippen LogP contribution in [0.4, 0.5) is 11.4 Å². The van der Waals surface area contributed by atoms with Crippen LogP contribution in [0.3, 0.4) is 0 Å². The number of hydrogen-bond acceptors (Lipinski definition) is 3. The molecule has 0 saturated heterocycles. The second kappa shape index (κ2) is 4.97. The lowest BCUT2D eigenvalue weighted by molar-refractivity contribution is -0.748. The number of hydrogen-bond donors (Lipinski definition) is 1. The summed E-state index contributed by atoms with van der Waals surface area (Å²) in [5.74, 6) is 0.120. The van der Waals surface area contributed by atoms with Crippen LogP contribution in [0.1, 0.15) is 0 Å². The summed E-state index contributed by atoms with van der Waals surface area (Å²) in [6.45, 7) is 0. The smallest absolute Gasteiger partial charge is 0.203 e. The van der Waals surface area contributed by atoms with Crippen molar-refractivity contribution in [2.45, 2.75) is 0 Å². The summed E-state index contributed by atoms with van der Waals surface area (Å²) in [5, 5.41) is 19.5. The van der Waals surface area contributed by atoms with Crippen molar-refractivity contribution in [1.29, 1.82) is 0 Å². The van der Waals surface area contributed by atoms with E-state index >= 15 is 0 Å². The number of aromatic nitrogens is 3. The molecule has 0 aliphatic rings. The van der Waals surface area contributed by atoms with E-state index in [1.807, 2.05) is 71.9 Å². The van der Waals surface area contributed by atoms with Crippen molar-refractivity contribution in [3.8, 4) is 5.75 Å². The fourth-order valence-electron chi connectivity index (χ4n) is 2.24. The highest BCUT2D eigenvalue weighted by molar-refractivity contribution is 5.91. The molecule has 0 fully saturated rings. The zero-order valence-corrected chi connectivity index (χ0v) is 12.2. The van der Waals surface area contributed by atoms with Crippen LogP contribution in [0.5, 0.6) is 5.75 Å². The van der Waals surface area contributed by atoms with Crippen LogP contribution in [0.2, 0.25) is 0 Å². The SMILES string of the molecule is Cn1c2c(N=Nc3cc[n+](C)cc3)c(O)ccc2c[n+]1C. The molecule has 21 heavy (non-hydrogen) atoms. The Morgan fingerprint density at radius 2 is 1.76 bits per heavy atom. The van der Waals surface area contributed by atoms with Crippen molar-refractivity contribution in [3.05, 3.63) is 42.9 Å². The largest absolute Gasteiger partial charge is 0.506 e. The van der Waals surface area contributed by atoms with Crippen LogP contribution in [-0.4, -0.2) is 9.79 Å². The van der Waals surface area contributed by atoms with Gasteiger partial charge in [-0.15, -0.1) is 14.9 Å². The summed E-state index contributed by atoms with van der Waals surface area (Å²) in [6.07, 6.45) is 5.78. The molecule has 3 aromatic rings. The molecule has 0 radical (unpaired) electrons. The molecular weight excluding hydrogens is 266 g/mol. The average Bonchev–Trinajstić information content (AvgIpc) is 2.76. The highest BCUT2D eigenvalue weighted by Gasteiger charge is 2.16. The Kier molecular flexibility index (Phi) is 3.13. The number of azo groups is 1. The third-order valence-electron chi connectivity index (χ3n) is 3.51. The minimum atomic E-state index is 0.120. The Balaban J connectivity index is 2.11. The molecule has 0 unspecified atom stereocenters. The molecule has 1 aromatic carbocycles. The summed E-state index contributed by atoms with van der Waals surface area (Å²) in [7, 11) is 5.80. The van der Waals surface area contributed by atoms with Gasteiger partial charge in [0.25, 0.3) is 0 Å². The van der Waals surface area contributed by atoms with E-state index in [-0.39, 0.29) is 5.75 Å². The van der Waals surface area contributed by atoms with E-state index < -0.39 is 0 Å². The second-order valence-electron chi connectivity index (χ2n) is 5.02. The van der Waals surface area contributed by atoms with Gasteiger partial charge in [-0.2, -0.15) is 4.68 Å². The van der Waals surface area contributed by atoms with E-state index in [4.69, 9.17) is 0 Å². The zero-order valence-electron chi connectivity index (χ0n) is 12.2. The summed E-state index contributed by atoms with van der Waals surface area (Å²) in [5.41, 5.74) is 2.06. The molecule has 6 heteroatoms. The van der Waals surface area contributed by atoms with E-state index in [0.717, 1.165) is 16.6 Å². The van der Waals surface area contributed by atoms with Crippen molar-refractivity contribution in [3.63, 3.8) is 0 Å². The van der Waals surface area contributed by atoms with Gasteiger partial charge in [0.15, 0.2) is 25.1 Å². The first-order chi connectivity index (χ1) is 10.1. The molecule has 0 aliphatic heterocycles. The molecule has 0 saturated carbocycles. The lowest BCUT2D eigenvalue weighted by Gasteiger charge is -2.00. The number of fused-ring (bicyclic) bond motifs is 1. The van der Waals surface area contributed by atoms with E-state index in [1.165, 1.54) is 0 Å². The van der Waals surface area contributed by atoms with Gasteiger partial charge >= 0.3 is 0 Å². The quantitative estimate of drug-likeness (QED) is 0.567. The Hall–Kier alpha value is -2.76. The molecule has 0 spiro atoms. The predicted molar refractivity (Wildman–Crippen MR) is 77.6 cm³/mol. The number of aryl methyl sites for hydroxylation is 3. The second-order valence-corrected chi connectivity index (χ2v) is 5.02.